The predicted molar refractivity (Wildman–Crippen MR) is 72.1 cm³/mol. The highest BCUT2D eigenvalue weighted by molar-refractivity contribution is 5.93. The van der Waals surface area contributed by atoms with E-state index in [-0.39, 0.29) is 11.3 Å². The Morgan fingerprint density at radius 2 is 1.95 bits per heavy atom. The smallest absolute Gasteiger partial charge is 0.261 e. The van der Waals surface area contributed by atoms with Crippen LogP contribution < -0.4 is 11.3 Å². The molecule has 5 nitrogen and oxygen atoms in total. The lowest BCUT2D eigenvalue weighted by Gasteiger charge is -2.09. The molecule has 98 valence electrons. The van der Waals surface area contributed by atoms with Crippen LogP contribution in [0.1, 0.15) is 23.0 Å². The summed E-state index contributed by atoms with van der Waals surface area (Å²) in [5, 5.41) is 9.29. The minimum Gasteiger partial charge on any atom is -0.508 e. The average molecular weight is 258 g/mol. The molecule has 0 unspecified atom stereocenters. The quantitative estimate of drug-likeness (QED) is 0.776. The van der Waals surface area contributed by atoms with Crippen molar-refractivity contribution in [3.63, 3.8) is 0 Å². The Bertz CT molecular complexity index is 672. The fraction of sp³-hybridized carbons (Fsp3) is 0.143. The zero-order valence-electron chi connectivity index (χ0n) is 10.4. The summed E-state index contributed by atoms with van der Waals surface area (Å²) in [7, 11) is 0. The monoisotopic (exact) mass is 258 g/mol. The Labute approximate surface area is 109 Å². The van der Waals surface area contributed by atoms with Crippen molar-refractivity contribution in [2.45, 2.75) is 13.3 Å². The number of benzene rings is 1. The summed E-state index contributed by atoms with van der Waals surface area (Å²) in [4.78, 5) is 25.6. The van der Waals surface area contributed by atoms with E-state index >= 15 is 0 Å². The molecule has 0 aliphatic carbocycles. The van der Waals surface area contributed by atoms with Crippen molar-refractivity contribution in [1.82, 2.24) is 4.98 Å². The van der Waals surface area contributed by atoms with Crippen LogP contribution in [-0.2, 0) is 6.42 Å². The zero-order valence-corrected chi connectivity index (χ0v) is 10.4. The maximum absolute atomic E-state index is 11.7. The summed E-state index contributed by atoms with van der Waals surface area (Å²) in [5.41, 5.74) is 6.88. The van der Waals surface area contributed by atoms with Gasteiger partial charge < -0.3 is 15.8 Å². The molecule has 4 N–H and O–H groups in total. The first-order valence-electron chi connectivity index (χ1n) is 5.88. The van der Waals surface area contributed by atoms with Gasteiger partial charge in [0.25, 0.3) is 11.5 Å². The lowest BCUT2D eigenvalue weighted by atomic mass is 10.0. The van der Waals surface area contributed by atoms with Gasteiger partial charge in [-0.1, -0.05) is 19.1 Å². The number of primary amides is 1. The van der Waals surface area contributed by atoms with E-state index in [4.69, 9.17) is 5.73 Å². The number of aryl methyl sites for hydroxylation is 1. The zero-order chi connectivity index (χ0) is 14.0. The number of amides is 1. The SMILES string of the molecule is CCc1[nH]c(=O)c(C(N)=O)cc1-c1ccc(O)cc1. The van der Waals surface area contributed by atoms with Gasteiger partial charge in [0.05, 0.1) is 0 Å². The lowest BCUT2D eigenvalue weighted by Crippen LogP contribution is -2.24. The number of hydrogen-bond acceptors (Lipinski definition) is 3. The van der Waals surface area contributed by atoms with Gasteiger partial charge in [-0.25, -0.2) is 0 Å². The number of aromatic hydroxyl groups is 1. The number of phenols is 1. The van der Waals surface area contributed by atoms with Crippen LogP contribution in [0.2, 0.25) is 0 Å². The minimum absolute atomic E-state index is 0.0692. The molecule has 19 heavy (non-hydrogen) atoms. The van der Waals surface area contributed by atoms with Gasteiger partial charge >= 0.3 is 0 Å². The van der Waals surface area contributed by atoms with E-state index in [0.717, 1.165) is 16.8 Å². The summed E-state index contributed by atoms with van der Waals surface area (Å²) in [5.74, 6) is -0.606. The first-order chi connectivity index (χ1) is 9.02. The fourth-order valence-electron chi connectivity index (χ4n) is 1.93. The summed E-state index contributed by atoms with van der Waals surface area (Å²) in [6.45, 7) is 1.90. The molecule has 0 fully saturated rings. The van der Waals surface area contributed by atoms with Crippen LogP contribution >= 0.6 is 0 Å². The summed E-state index contributed by atoms with van der Waals surface area (Å²) < 4.78 is 0. The van der Waals surface area contributed by atoms with Gasteiger partial charge in [0.15, 0.2) is 0 Å². The van der Waals surface area contributed by atoms with E-state index in [2.05, 4.69) is 4.98 Å². The number of H-pyrrole nitrogens is 1. The van der Waals surface area contributed by atoms with E-state index < -0.39 is 11.5 Å². The van der Waals surface area contributed by atoms with Gasteiger partial charge in [-0.15, -0.1) is 0 Å². The third-order valence-corrected chi connectivity index (χ3v) is 2.92. The minimum atomic E-state index is -0.760. The summed E-state index contributed by atoms with van der Waals surface area (Å²) in [6.07, 6.45) is 0.616. The van der Waals surface area contributed by atoms with Gasteiger partial charge in [0, 0.05) is 11.3 Å². The Morgan fingerprint density at radius 3 is 2.47 bits per heavy atom. The first kappa shape index (κ1) is 12.9. The molecule has 0 radical (unpaired) electrons. The molecule has 1 heterocycles. The largest absolute Gasteiger partial charge is 0.508 e. The highest BCUT2D eigenvalue weighted by Gasteiger charge is 2.12. The van der Waals surface area contributed by atoms with Gasteiger partial charge in [0.2, 0.25) is 0 Å². The Kier molecular flexibility index (Phi) is 3.37. The molecule has 2 rings (SSSR count). The van der Waals surface area contributed by atoms with Crippen LogP contribution in [0, 0.1) is 0 Å². The molecule has 1 aromatic carbocycles. The van der Waals surface area contributed by atoms with Crippen LogP contribution in [0.3, 0.4) is 0 Å². The normalized spacial score (nSPS) is 10.4. The molecule has 1 amide bonds. The molecular formula is C14H14N2O3. The van der Waals surface area contributed by atoms with Crippen molar-refractivity contribution in [2.24, 2.45) is 5.73 Å². The number of nitrogens with two attached hydrogens (primary N) is 1. The number of carbonyl (C=O) groups is 1. The molecule has 0 aliphatic rings. The first-order valence-corrected chi connectivity index (χ1v) is 5.88. The maximum atomic E-state index is 11.7. The molecule has 5 heteroatoms. The molecule has 1 aromatic heterocycles. The van der Waals surface area contributed by atoms with Crippen molar-refractivity contribution >= 4 is 5.91 Å². The molecule has 0 spiro atoms. The highest BCUT2D eigenvalue weighted by atomic mass is 16.3. The summed E-state index contributed by atoms with van der Waals surface area (Å²) >= 11 is 0. The van der Waals surface area contributed by atoms with Crippen molar-refractivity contribution in [1.29, 1.82) is 0 Å². The van der Waals surface area contributed by atoms with E-state index in [9.17, 15) is 14.7 Å². The Morgan fingerprint density at radius 1 is 1.32 bits per heavy atom. The maximum Gasteiger partial charge on any atom is 0.261 e. The second-order valence-corrected chi connectivity index (χ2v) is 4.17. The van der Waals surface area contributed by atoms with Crippen LogP contribution in [-0.4, -0.2) is 16.0 Å². The molecule has 0 atom stereocenters. The standard InChI is InChI=1S/C14H14N2O3/c1-2-12-10(8-3-5-9(17)6-4-8)7-11(13(15)18)14(19)16-12/h3-7,17H,2H2,1H3,(H2,15,18)(H,16,19). The number of aromatic amines is 1. The Hall–Kier alpha value is -2.56. The van der Waals surface area contributed by atoms with Gasteiger partial charge in [0.1, 0.15) is 11.3 Å². The number of nitrogens with one attached hydrogen (secondary N) is 1. The van der Waals surface area contributed by atoms with Crippen molar-refractivity contribution in [3.05, 3.63) is 51.9 Å². The van der Waals surface area contributed by atoms with Gasteiger partial charge in [-0.05, 0) is 30.2 Å². The third kappa shape index (κ3) is 2.49. The van der Waals surface area contributed by atoms with Crippen LogP contribution in [0.25, 0.3) is 11.1 Å². The molecule has 0 bridgehead atoms. The highest BCUT2D eigenvalue weighted by Crippen LogP contribution is 2.24. The third-order valence-electron chi connectivity index (χ3n) is 2.92. The molecule has 0 saturated carbocycles. The number of hydrogen-bond donors (Lipinski definition) is 3. The average Bonchev–Trinajstić information content (AvgIpc) is 2.39. The number of carbonyl (C=O) groups excluding carboxylic acids is 1. The fourth-order valence-corrected chi connectivity index (χ4v) is 1.93. The van der Waals surface area contributed by atoms with Crippen molar-refractivity contribution < 1.29 is 9.90 Å². The van der Waals surface area contributed by atoms with Crippen LogP contribution in [0.5, 0.6) is 5.75 Å². The van der Waals surface area contributed by atoms with E-state index in [1.54, 1.807) is 24.3 Å². The number of phenolic OH excluding ortho intramolecular Hbond substituents is 1. The summed E-state index contributed by atoms with van der Waals surface area (Å²) in [6, 6.07) is 8.01. The van der Waals surface area contributed by atoms with E-state index in [0.29, 0.717) is 6.42 Å². The number of pyridine rings is 1. The molecule has 0 saturated heterocycles. The van der Waals surface area contributed by atoms with Crippen LogP contribution in [0.15, 0.2) is 35.1 Å². The van der Waals surface area contributed by atoms with E-state index in [1.165, 1.54) is 6.07 Å². The molecule has 2 aromatic rings. The lowest BCUT2D eigenvalue weighted by molar-refractivity contribution is 0.0999. The number of rotatable bonds is 3. The van der Waals surface area contributed by atoms with Crippen molar-refractivity contribution in [2.75, 3.05) is 0 Å². The van der Waals surface area contributed by atoms with Gasteiger partial charge in [-0.2, -0.15) is 0 Å². The van der Waals surface area contributed by atoms with Crippen molar-refractivity contribution in [3.8, 4) is 16.9 Å². The molecular weight excluding hydrogens is 244 g/mol. The second kappa shape index (κ2) is 4.97. The second-order valence-electron chi connectivity index (χ2n) is 4.17. The number of aromatic nitrogens is 1. The predicted octanol–water partition coefficient (Wildman–Crippen LogP) is 1.41. The molecule has 0 aliphatic heterocycles. The van der Waals surface area contributed by atoms with Gasteiger partial charge in [-0.3, -0.25) is 9.59 Å². The van der Waals surface area contributed by atoms with Crippen LogP contribution in [0.4, 0.5) is 0 Å². The Balaban J connectivity index is 2.67. The topological polar surface area (TPSA) is 96.2 Å². The van der Waals surface area contributed by atoms with E-state index in [1.807, 2.05) is 6.92 Å².